The van der Waals surface area contributed by atoms with Gasteiger partial charge in [0.05, 0.1) is 0 Å². The fourth-order valence-electron chi connectivity index (χ4n) is 1.75. The van der Waals surface area contributed by atoms with Crippen LogP contribution in [0.25, 0.3) is 0 Å². The van der Waals surface area contributed by atoms with Crippen molar-refractivity contribution in [2.24, 2.45) is 0 Å². The fraction of sp³-hybridized carbons (Fsp3) is 0.750. The van der Waals surface area contributed by atoms with Crippen molar-refractivity contribution in [3.63, 3.8) is 0 Å². The van der Waals surface area contributed by atoms with Gasteiger partial charge in [-0.15, -0.1) is 0 Å². The van der Waals surface area contributed by atoms with E-state index in [0.717, 1.165) is 12.8 Å². The van der Waals surface area contributed by atoms with Gasteiger partial charge >= 0.3 is 0 Å². The summed E-state index contributed by atoms with van der Waals surface area (Å²) in [4.78, 5) is 0. The maximum atomic E-state index is 8.62. The van der Waals surface area contributed by atoms with Crippen LogP contribution in [0.4, 0.5) is 0 Å². The first kappa shape index (κ1) is 16.4. The first-order valence-electron chi connectivity index (χ1n) is 7.32. The second-order valence-corrected chi connectivity index (χ2v) is 4.60. The standard InChI is InChI=1S/C16H30O/c1-2-3-4-5-6-7-8-9-10-11-12-13-14-15-16-17/h6-7,9-10,17H,2-5,8,11-16H2,1H3/b7-6-,10-9-. The number of rotatable bonds is 12. The second-order valence-electron chi connectivity index (χ2n) is 4.60. The highest BCUT2D eigenvalue weighted by atomic mass is 16.2. The molecule has 1 heteroatoms. The molecule has 1 N–H and O–H groups in total. The summed E-state index contributed by atoms with van der Waals surface area (Å²) in [7, 11) is 0. The largest absolute Gasteiger partial charge is 0.396 e. The van der Waals surface area contributed by atoms with Gasteiger partial charge in [-0.25, -0.2) is 0 Å². The summed E-state index contributed by atoms with van der Waals surface area (Å²) in [6, 6.07) is 0. The summed E-state index contributed by atoms with van der Waals surface area (Å²) < 4.78 is 0. The average Bonchev–Trinajstić information content (AvgIpc) is 2.35. The van der Waals surface area contributed by atoms with Crippen LogP contribution in [-0.2, 0) is 0 Å². The topological polar surface area (TPSA) is 20.2 Å². The van der Waals surface area contributed by atoms with Crippen LogP contribution < -0.4 is 0 Å². The first-order chi connectivity index (χ1) is 8.41. The number of allylic oxidation sites excluding steroid dienone is 4. The Morgan fingerprint density at radius 1 is 0.706 bits per heavy atom. The zero-order chi connectivity index (χ0) is 12.6. The maximum Gasteiger partial charge on any atom is 0.0431 e. The molecule has 100 valence electrons. The highest BCUT2D eigenvalue weighted by Gasteiger charge is 1.86. The van der Waals surface area contributed by atoms with E-state index in [2.05, 4.69) is 31.2 Å². The molecule has 0 rings (SSSR count). The minimum Gasteiger partial charge on any atom is -0.396 e. The molecule has 0 aromatic heterocycles. The van der Waals surface area contributed by atoms with Gasteiger partial charge in [-0.1, -0.05) is 56.9 Å². The first-order valence-corrected chi connectivity index (χ1v) is 7.32. The summed E-state index contributed by atoms with van der Waals surface area (Å²) in [6.45, 7) is 2.59. The molecule has 0 saturated heterocycles. The molecule has 1 nitrogen and oxygen atoms in total. The van der Waals surface area contributed by atoms with Crippen LogP contribution in [0, 0.1) is 0 Å². The summed E-state index contributed by atoms with van der Waals surface area (Å²) in [5.74, 6) is 0. The van der Waals surface area contributed by atoms with Gasteiger partial charge in [0, 0.05) is 6.61 Å². The lowest BCUT2D eigenvalue weighted by atomic mass is 10.1. The van der Waals surface area contributed by atoms with Crippen LogP contribution in [0.15, 0.2) is 24.3 Å². The number of unbranched alkanes of at least 4 members (excludes halogenated alkanes) is 7. The molecule has 0 aliphatic rings. The van der Waals surface area contributed by atoms with Crippen molar-refractivity contribution in [2.45, 2.75) is 71.1 Å². The van der Waals surface area contributed by atoms with Crippen molar-refractivity contribution in [3.05, 3.63) is 24.3 Å². The lowest BCUT2D eigenvalue weighted by molar-refractivity contribution is 0.282. The summed E-state index contributed by atoms with van der Waals surface area (Å²) in [5.41, 5.74) is 0. The lowest BCUT2D eigenvalue weighted by Crippen LogP contribution is -1.82. The molecule has 0 radical (unpaired) electrons. The van der Waals surface area contributed by atoms with Crippen LogP contribution in [0.3, 0.4) is 0 Å². The molecule has 0 fully saturated rings. The molecule has 0 amide bonds. The quantitative estimate of drug-likeness (QED) is 0.374. The van der Waals surface area contributed by atoms with Gasteiger partial charge < -0.3 is 5.11 Å². The molecular formula is C16H30O. The van der Waals surface area contributed by atoms with E-state index in [1.807, 2.05) is 0 Å². The van der Waals surface area contributed by atoms with Gasteiger partial charge in [0.2, 0.25) is 0 Å². The minimum absolute atomic E-state index is 0.346. The molecule has 0 aliphatic carbocycles. The van der Waals surface area contributed by atoms with E-state index in [1.165, 1.54) is 51.4 Å². The van der Waals surface area contributed by atoms with E-state index in [1.54, 1.807) is 0 Å². The highest BCUT2D eigenvalue weighted by Crippen LogP contribution is 2.04. The van der Waals surface area contributed by atoms with Crippen LogP contribution in [0.2, 0.25) is 0 Å². The third kappa shape index (κ3) is 15.4. The van der Waals surface area contributed by atoms with Crippen molar-refractivity contribution >= 4 is 0 Å². The van der Waals surface area contributed by atoms with Crippen LogP contribution >= 0.6 is 0 Å². The van der Waals surface area contributed by atoms with E-state index in [4.69, 9.17) is 5.11 Å². The molecule has 0 heterocycles. The summed E-state index contributed by atoms with van der Waals surface area (Å²) in [6.07, 6.45) is 21.3. The minimum atomic E-state index is 0.346. The Morgan fingerprint density at radius 2 is 1.29 bits per heavy atom. The van der Waals surface area contributed by atoms with Crippen molar-refractivity contribution in [2.75, 3.05) is 6.61 Å². The van der Waals surface area contributed by atoms with Crippen molar-refractivity contribution in [1.29, 1.82) is 0 Å². The monoisotopic (exact) mass is 238 g/mol. The molecular weight excluding hydrogens is 208 g/mol. The molecule has 0 bridgehead atoms. The van der Waals surface area contributed by atoms with E-state index < -0.39 is 0 Å². The van der Waals surface area contributed by atoms with Gasteiger partial charge in [-0.2, -0.15) is 0 Å². The second kappa shape index (κ2) is 15.4. The number of aliphatic hydroxyl groups excluding tert-OH is 1. The molecule has 0 aromatic rings. The molecule has 0 aliphatic heterocycles. The van der Waals surface area contributed by atoms with Gasteiger partial charge in [0.25, 0.3) is 0 Å². The highest BCUT2D eigenvalue weighted by molar-refractivity contribution is 4.92. The zero-order valence-corrected chi connectivity index (χ0v) is 11.5. The van der Waals surface area contributed by atoms with Crippen LogP contribution in [-0.4, -0.2) is 11.7 Å². The summed E-state index contributed by atoms with van der Waals surface area (Å²) >= 11 is 0. The van der Waals surface area contributed by atoms with Gasteiger partial charge in [-0.3, -0.25) is 0 Å². The molecule has 0 unspecified atom stereocenters. The zero-order valence-electron chi connectivity index (χ0n) is 11.5. The van der Waals surface area contributed by atoms with Crippen LogP contribution in [0.1, 0.15) is 71.1 Å². The van der Waals surface area contributed by atoms with Gasteiger partial charge in [0.15, 0.2) is 0 Å². The molecule has 0 spiro atoms. The molecule has 17 heavy (non-hydrogen) atoms. The normalized spacial score (nSPS) is 11.9. The van der Waals surface area contributed by atoms with Crippen molar-refractivity contribution in [3.8, 4) is 0 Å². The smallest absolute Gasteiger partial charge is 0.0431 e. The Balaban J connectivity index is 3.13. The lowest BCUT2D eigenvalue weighted by Gasteiger charge is -1.95. The van der Waals surface area contributed by atoms with E-state index in [0.29, 0.717) is 6.61 Å². The maximum absolute atomic E-state index is 8.62. The van der Waals surface area contributed by atoms with E-state index in [9.17, 15) is 0 Å². The molecule has 0 saturated carbocycles. The number of hydrogen-bond acceptors (Lipinski definition) is 1. The Labute approximate surface area is 108 Å². The van der Waals surface area contributed by atoms with Gasteiger partial charge in [-0.05, 0) is 38.5 Å². The third-order valence-corrected chi connectivity index (χ3v) is 2.86. The van der Waals surface area contributed by atoms with Crippen LogP contribution in [0.5, 0.6) is 0 Å². The number of hydrogen-bond donors (Lipinski definition) is 1. The van der Waals surface area contributed by atoms with Crippen molar-refractivity contribution in [1.82, 2.24) is 0 Å². The van der Waals surface area contributed by atoms with E-state index in [-0.39, 0.29) is 0 Å². The molecule has 0 aromatic carbocycles. The third-order valence-electron chi connectivity index (χ3n) is 2.86. The predicted octanol–water partition coefficient (Wildman–Crippen LogP) is 5.01. The number of aliphatic hydroxyl groups is 1. The SMILES string of the molecule is CCCCC/C=C\C/C=C\CCCCCCO. The molecule has 0 atom stereocenters. The van der Waals surface area contributed by atoms with E-state index >= 15 is 0 Å². The Hall–Kier alpha value is -0.560. The van der Waals surface area contributed by atoms with Gasteiger partial charge in [0.1, 0.15) is 0 Å². The Kier molecular flexibility index (Phi) is 14.9. The average molecular weight is 238 g/mol. The fourth-order valence-corrected chi connectivity index (χ4v) is 1.75. The Morgan fingerprint density at radius 3 is 1.88 bits per heavy atom. The predicted molar refractivity (Wildman–Crippen MR) is 77.2 cm³/mol. The summed E-state index contributed by atoms with van der Waals surface area (Å²) in [5, 5.41) is 8.62. The Bertz CT molecular complexity index is 182. The van der Waals surface area contributed by atoms with Crippen molar-refractivity contribution < 1.29 is 5.11 Å².